The standard InChI is InChI=1S/C19H18ClF4N3O2/c20-16-15-14(6-2-10-1-5-12(13(21)9-10)19(22,23)24)26(18(28)29)7-8-27(15)17(25-16)11-3-4-11/h1,5,9,11,14H,2-4,6-8H2,(H,28,29). The van der Waals surface area contributed by atoms with Gasteiger partial charge in [0.15, 0.2) is 5.15 Å². The summed E-state index contributed by atoms with van der Waals surface area (Å²) in [7, 11) is 0. The van der Waals surface area contributed by atoms with Crippen LogP contribution in [0.1, 0.15) is 53.9 Å². The number of alkyl halides is 3. The number of hydrogen-bond donors (Lipinski definition) is 1. The zero-order valence-corrected chi connectivity index (χ0v) is 16.0. The van der Waals surface area contributed by atoms with Crippen LogP contribution < -0.4 is 0 Å². The summed E-state index contributed by atoms with van der Waals surface area (Å²) in [5, 5.41) is 9.84. The van der Waals surface area contributed by atoms with Crippen LogP contribution in [0.5, 0.6) is 0 Å². The van der Waals surface area contributed by atoms with Gasteiger partial charge in [-0.2, -0.15) is 13.2 Å². The monoisotopic (exact) mass is 431 g/mol. The molecule has 0 bridgehead atoms. The summed E-state index contributed by atoms with van der Waals surface area (Å²) in [4.78, 5) is 17.4. The maximum absolute atomic E-state index is 13.9. The summed E-state index contributed by atoms with van der Waals surface area (Å²) < 4.78 is 54.1. The van der Waals surface area contributed by atoms with Crippen LogP contribution in [0.25, 0.3) is 0 Å². The Kier molecular flexibility index (Phi) is 4.96. The SMILES string of the molecule is O=C(O)N1CCn2c(C3CC3)nc(Cl)c2C1CCc1ccc(C(F)(F)F)c(F)c1. The van der Waals surface area contributed by atoms with E-state index in [2.05, 4.69) is 4.98 Å². The van der Waals surface area contributed by atoms with Gasteiger partial charge in [0.05, 0.1) is 17.3 Å². The summed E-state index contributed by atoms with van der Waals surface area (Å²) in [6.07, 6.45) is -3.37. The average Bonchev–Trinajstić information content (AvgIpc) is 3.42. The van der Waals surface area contributed by atoms with E-state index in [1.165, 1.54) is 11.0 Å². The molecule has 1 saturated carbocycles. The number of halogens is 5. The lowest BCUT2D eigenvalue weighted by atomic mass is 9.99. The van der Waals surface area contributed by atoms with Crippen molar-refractivity contribution in [3.05, 3.63) is 51.8 Å². The third-order valence-corrected chi connectivity index (χ3v) is 5.76. The van der Waals surface area contributed by atoms with Crippen LogP contribution in [0, 0.1) is 5.82 Å². The molecule has 29 heavy (non-hydrogen) atoms. The topological polar surface area (TPSA) is 58.4 Å². The molecule has 156 valence electrons. The van der Waals surface area contributed by atoms with Gasteiger partial charge >= 0.3 is 12.3 Å². The van der Waals surface area contributed by atoms with Crippen molar-refractivity contribution in [2.45, 2.75) is 50.4 Å². The normalized spacial score (nSPS) is 19.3. The van der Waals surface area contributed by atoms with Crippen molar-refractivity contribution >= 4 is 17.7 Å². The number of fused-ring (bicyclic) bond motifs is 1. The predicted molar refractivity (Wildman–Crippen MR) is 96.4 cm³/mol. The summed E-state index contributed by atoms with van der Waals surface area (Å²) in [5.41, 5.74) is -0.355. The second-order valence-corrected chi connectivity index (χ2v) is 7.77. The van der Waals surface area contributed by atoms with E-state index in [0.717, 1.165) is 24.7 Å². The van der Waals surface area contributed by atoms with Gasteiger partial charge in [-0.25, -0.2) is 14.2 Å². The lowest BCUT2D eigenvalue weighted by molar-refractivity contribution is -0.140. The number of carbonyl (C=O) groups is 1. The highest BCUT2D eigenvalue weighted by Crippen LogP contribution is 2.44. The molecule has 1 N–H and O–H groups in total. The highest BCUT2D eigenvalue weighted by atomic mass is 35.5. The Morgan fingerprint density at radius 2 is 2.00 bits per heavy atom. The Bertz CT molecular complexity index is 956. The highest BCUT2D eigenvalue weighted by Gasteiger charge is 2.39. The van der Waals surface area contributed by atoms with Crippen LogP contribution in [-0.2, 0) is 19.1 Å². The number of amides is 1. The van der Waals surface area contributed by atoms with E-state index < -0.39 is 29.7 Å². The Hall–Kier alpha value is -2.29. The second kappa shape index (κ2) is 7.19. The highest BCUT2D eigenvalue weighted by molar-refractivity contribution is 6.30. The van der Waals surface area contributed by atoms with E-state index >= 15 is 0 Å². The quantitative estimate of drug-likeness (QED) is 0.673. The van der Waals surface area contributed by atoms with Gasteiger partial charge in [0.2, 0.25) is 0 Å². The van der Waals surface area contributed by atoms with Gasteiger partial charge in [0.25, 0.3) is 0 Å². The zero-order valence-electron chi connectivity index (χ0n) is 15.2. The average molecular weight is 432 g/mol. The van der Waals surface area contributed by atoms with Crippen molar-refractivity contribution < 1.29 is 27.5 Å². The first-order valence-electron chi connectivity index (χ1n) is 9.28. The fourth-order valence-electron chi connectivity index (χ4n) is 3.94. The van der Waals surface area contributed by atoms with Gasteiger partial charge in [0, 0.05) is 19.0 Å². The molecule has 1 fully saturated rings. The largest absolute Gasteiger partial charge is 0.465 e. The molecule has 10 heteroatoms. The molecule has 2 aliphatic rings. The third-order valence-electron chi connectivity index (χ3n) is 5.48. The molecule has 1 amide bonds. The van der Waals surface area contributed by atoms with Gasteiger partial charge in [-0.3, -0.25) is 4.90 Å². The molecule has 1 aromatic carbocycles. The molecule has 0 saturated heterocycles. The van der Waals surface area contributed by atoms with Crippen molar-refractivity contribution in [1.82, 2.24) is 14.5 Å². The summed E-state index contributed by atoms with van der Waals surface area (Å²) >= 11 is 6.34. The molecule has 2 heterocycles. The number of benzene rings is 1. The molecule has 0 spiro atoms. The number of nitrogens with zero attached hydrogens (tertiary/aromatic N) is 3. The fraction of sp³-hybridized carbons (Fsp3) is 0.474. The van der Waals surface area contributed by atoms with Crippen LogP contribution in [0.15, 0.2) is 18.2 Å². The van der Waals surface area contributed by atoms with Crippen molar-refractivity contribution in [3.8, 4) is 0 Å². The molecule has 4 rings (SSSR count). The minimum Gasteiger partial charge on any atom is -0.465 e. The molecule has 2 aromatic rings. The van der Waals surface area contributed by atoms with Gasteiger partial charge in [-0.05, 0) is 43.4 Å². The smallest absolute Gasteiger partial charge is 0.419 e. The van der Waals surface area contributed by atoms with Crippen molar-refractivity contribution in [1.29, 1.82) is 0 Å². The van der Waals surface area contributed by atoms with Crippen molar-refractivity contribution in [2.24, 2.45) is 0 Å². The lowest BCUT2D eigenvalue weighted by Crippen LogP contribution is -2.42. The van der Waals surface area contributed by atoms with Gasteiger partial charge in [0.1, 0.15) is 11.6 Å². The van der Waals surface area contributed by atoms with Gasteiger partial charge < -0.3 is 9.67 Å². The van der Waals surface area contributed by atoms with E-state index in [9.17, 15) is 27.5 Å². The number of carboxylic acid groups (broad SMARTS) is 1. The number of imidazole rings is 1. The van der Waals surface area contributed by atoms with E-state index in [1.807, 2.05) is 4.57 Å². The Morgan fingerprint density at radius 3 is 2.59 bits per heavy atom. The molecule has 0 radical (unpaired) electrons. The molecule has 1 aromatic heterocycles. The second-order valence-electron chi connectivity index (χ2n) is 7.41. The molecular weight excluding hydrogens is 414 g/mol. The lowest BCUT2D eigenvalue weighted by Gasteiger charge is -2.35. The predicted octanol–water partition coefficient (Wildman–Crippen LogP) is 5.24. The Labute approximate surface area is 168 Å². The van der Waals surface area contributed by atoms with Gasteiger partial charge in [-0.1, -0.05) is 17.7 Å². The van der Waals surface area contributed by atoms with E-state index in [0.29, 0.717) is 29.8 Å². The number of hydrogen-bond acceptors (Lipinski definition) is 2. The summed E-state index contributed by atoms with van der Waals surface area (Å²) in [6.45, 7) is 0.722. The van der Waals surface area contributed by atoms with Crippen LogP contribution in [0.2, 0.25) is 5.15 Å². The number of rotatable bonds is 4. The third kappa shape index (κ3) is 3.80. The fourth-order valence-corrected chi connectivity index (χ4v) is 4.25. The maximum atomic E-state index is 13.9. The van der Waals surface area contributed by atoms with Crippen LogP contribution in [0.4, 0.5) is 22.4 Å². The summed E-state index contributed by atoms with van der Waals surface area (Å²) in [6, 6.07) is 2.18. The molecule has 1 aliphatic heterocycles. The van der Waals surface area contributed by atoms with Crippen molar-refractivity contribution in [3.63, 3.8) is 0 Å². The van der Waals surface area contributed by atoms with E-state index in [-0.39, 0.29) is 24.5 Å². The number of aryl methyl sites for hydroxylation is 1. The first kappa shape index (κ1) is 20.0. The summed E-state index contributed by atoms with van der Waals surface area (Å²) in [5.74, 6) is -0.143. The van der Waals surface area contributed by atoms with E-state index in [4.69, 9.17) is 11.6 Å². The van der Waals surface area contributed by atoms with E-state index in [1.54, 1.807) is 0 Å². The first-order valence-corrected chi connectivity index (χ1v) is 9.65. The van der Waals surface area contributed by atoms with Crippen molar-refractivity contribution in [2.75, 3.05) is 6.54 Å². The number of aromatic nitrogens is 2. The Balaban J connectivity index is 1.60. The first-order chi connectivity index (χ1) is 13.7. The van der Waals surface area contributed by atoms with Crippen LogP contribution in [-0.4, -0.2) is 32.2 Å². The Morgan fingerprint density at radius 1 is 1.28 bits per heavy atom. The zero-order chi connectivity index (χ0) is 20.9. The van der Waals surface area contributed by atoms with Crippen LogP contribution in [0.3, 0.4) is 0 Å². The minimum absolute atomic E-state index is 0.198. The van der Waals surface area contributed by atoms with Crippen LogP contribution >= 0.6 is 11.6 Å². The maximum Gasteiger partial charge on any atom is 0.419 e. The van der Waals surface area contributed by atoms with Gasteiger partial charge in [-0.15, -0.1) is 0 Å². The minimum atomic E-state index is -4.76. The molecular formula is C19H18ClF4N3O2. The molecule has 1 atom stereocenters. The molecule has 1 aliphatic carbocycles. The molecule has 5 nitrogen and oxygen atoms in total. The molecule has 1 unspecified atom stereocenters.